The van der Waals surface area contributed by atoms with E-state index in [2.05, 4.69) is 0 Å². The number of sulfonamides is 1. The standard InChI is InChI=1S/C20H23NO6S/c1-14-7-5-6-8-18(14)21(28(4,24)25)13-19(22)27-15(2)20(23)16-9-11-17(26-3)12-10-16/h5-12,15H,13H2,1-4H3. The van der Waals surface area contributed by atoms with Crippen molar-refractivity contribution in [2.45, 2.75) is 20.0 Å². The lowest BCUT2D eigenvalue weighted by molar-refractivity contribution is -0.144. The number of aryl methyl sites for hydroxylation is 1. The second-order valence-electron chi connectivity index (χ2n) is 6.28. The summed E-state index contributed by atoms with van der Waals surface area (Å²) in [6, 6.07) is 13.2. The Bertz CT molecular complexity index is 953. The van der Waals surface area contributed by atoms with E-state index in [4.69, 9.17) is 9.47 Å². The smallest absolute Gasteiger partial charge is 0.327 e. The summed E-state index contributed by atoms with van der Waals surface area (Å²) in [5, 5.41) is 0. The van der Waals surface area contributed by atoms with E-state index in [1.165, 1.54) is 14.0 Å². The Morgan fingerprint density at radius 2 is 1.68 bits per heavy atom. The fraction of sp³-hybridized carbons (Fsp3) is 0.300. The minimum Gasteiger partial charge on any atom is -0.497 e. The first-order chi connectivity index (χ1) is 13.1. The normalized spacial score (nSPS) is 12.1. The maximum Gasteiger partial charge on any atom is 0.327 e. The first kappa shape index (κ1) is 21.4. The molecule has 0 fully saturated rings. The molecule has 0 aromatic heterocycles. The summed E-state index contributed by atoms with van der Waals surface area (Å²) in [6.45, 7) is 2.67. The van der Waals surface area contributed by atoms with Gasteiger partial charge in [0.25, 0.3) is 0 Å². The number of anilines is 1. The van der Waals surface area contributed by atoms with E-state index in [0.717, 1.165) is 10.6 Å². The molecule has 0 aliphatic rings. The second kappa shape index (κ2) is 8.88. The molecule has 1 unspecified atom stereocenters. The monoisotopic (exact) mass is 405 g/mol. The molecule has 150 valence electrons. The number of methoxy groups -OCH3 is 1. The molecule has 0 spiro atoms. The second-order valence-corrected chi connectivity index (χ2v) is 8.19. The number of benzene rings is 2. The van der Waals surface area contributed by atoms with Crippen molar-refractivity contribution in [3.05, 3.63) is 59.7 Å². The molecule has 0 saturated carbocycles. The van der Waals surface area contributed by atoms with Crippen LogP contribution < -0.4 is 9.04 Å². The van der Waals surface area contributed by atoms with Crippen molar-refractivity contribution in [3.8, 4) is 5.75 Å². The molecule has 2 aromatic rings. The van der Waals surface area contributed by atoms with Crippen LogP contribution in [0, 0.1) is 6.92 Å². The minimum absolute atomic E-state index is 0.361. The van der Waals surface area contributed by atoms with E-state index in [1.807, 2.05) is 0 Å². The molecule has 0 saturated heterocycles. The molecule has 0 N–H and O–H groups in total. The van der Waals surface area contributed by atoms with Gasteiger partial charge in [-0.1, -0.05) is 18.2 Å². The highest BCUT2D eigenvalue weighted by atomic mass is 32.2. The van der Waals surface area contributed by atoms with Crippen LogP contribution in [0.15, 0.2) is 48.5 Å². The summed E-state index contributed by atoms with van der Waals surface area (Å²) in [5.41, 5.74) is 1.44. The van der Waals surface area contributed by atoms with Gasteiger partial charge in [-0.05, 0) is 49.7 Å². The van der Waals surface area contributed by atoms with Gasteiger partial charge in [0.2, 0.25) is 15.8 Å². The number of carbonyl (C=O) groups is 2. The third kappa shape index (κ3) is 5.32. The van der Waals surface area contributed by atoms with E-state index < -0.39 is 34.4 Å². The fourth-order valence-electron chi connectivity index (χ4n) is 2.62. The number of Topliss-reactive ketones (excluding diaryl/α,β-unsaturated/α-hetero) is 1. The van der Waals surface area contributed by atoms with Crippen molar-refractivity contribution in [2.75, 3.05) is 24.2 Å². The Balaban J connectivity index is 2.11. The first-order valence-corrected chi connectivity index (χ1v) is 10.4. The van der Waals surface area contributed by atoms with E-state index in [9.17, 15) is 18.0 Å². The van der Waals surface area contributed by atoms with E-state index in [-0.39, 0.29) is 0 Å². The largest absolute Gasteiger partial charge is 0.497 e. The molecule has 28 heavy (non-hydrogen) atoms. The number of hydrogen-bond donors (Lipinski definition) is 0. The Kier molecular flexibility index (Phi) is 6.80. The third-order valence-corrected chi connectivity index (χ3v) is 5.24. The van der Waals surface area contributed by atoms with Gasteiger partial charge in [0.05, 0.1) is 19.1 Å². The van der Waals surface area contributed by atoms with Gasteiger partial charge < -0.3 is 9.47 Å². The van der Waals surface area contributed by atoms with Gasteiger partial charge in [-0.15, -0.1) is 0 Å². The molecule has 0 bridgehead atoms. The molecule has 8 heteroatoms. The zero-order valence-corrected chi connectivity index (χ0v) is 17.0. The molecular weight excluding hydrogens is 382 g/mol. The maximum absolute atomic E-state index is 12.4. The van der Waals surface area contributed by atoms with Crippen LogP contribution in [0.5, 0.6) is 5.75 Å². The molecule has 0 radical (unpaired) electrons. The molecule has 2 aromatic carbocycles. The summed E-state index contributed by atoms with van der Waals surface area (Å²) in [7, 11) is -2.20. The molecular formula is C20H23NO6S. The zero-order chi connectivity index (χ0) is 20.9. The molecule has 0 aliphatic carbocycles. The average Bonchev–Trinajstić information content (AvgIpc) is 2.65. The van der Waals surface area contributed by atoms with Crippen molar-refractivity contribution in [1.29, 1.82) is 0 Å². The van der Waals surface area contributed by atoms with E-state index >= 15 is 0 Å². The van der Waals surface area contributed by atoms with Crippen LogP contribution in [0.3, 0.4) is 0 Å². The highest BCUT2D eigenvalue weighted by Crippen LogP contribution is 2.22. The van der Waals surface area contributed by atoms with Crippen molar-refractivity contribution in [3.63, 3.8) is 0 Å². The quantitative estimate of drug-likeness (QED) is 0.495. The summed E-state index contributed by atoms with van der Waals surface area (Å²) in [6.07, 6.45) is -0.0438. The van der Waals surface area contributed by atoms with E-state index in [0.29, 0.717) is 22.6 Å². The van der Waals surface area contributed by atoms with Gasteiger partial charge in [-0.25, -0.2) is 8.42 Å². The highest BCUT2D eigenvalue weighted by molar-refractivity contribution is 7.92. The summed E-state index contributed by atoms with van der Waals surface area (Å²) in [4.78, 5) is 24.8. The Morgan fingerprint density at radius 3 is 2.21 bits per heavy atom. The number of para-hydroxylation sites is 1. The van der Waals surface area contributed by atoms with Crippen molar-refractivity contribution in [2.24, 2.45) is 0 Å². The Hall–Kier alpha value is -2.87. The van der Waals surface area contributed by atoms with Crippen LogP contribution in [0.25, 0.3) is 0 Å². The fourth-order valence-corrected chi connectivity index (χ4v) is 3.52. The molecule has 2 rings (SSSR count). The summed E-state index contributed by atoms with van der Waals surface area (Å²) >= 11 is 0. The van der Waals surface area contributed by atoms with Crippen LogP contribution >= 0.6 is 0 Å². The van der Waals surface area contributed by atoms with Gasteiger partial charge in [0, 0.05) is 5.56 Å². The molecule has 0 aliphatic heterocycles. The first-order valence-electron chi connectivity index (χ1n) is 8.54. The summed E-state index contributed by atoms with van der Waals surface area (Å²) < 4.78 is 35.5. The predicted molar refractivity (Wildman–Crippen MR) is 106 cm³/mol. The SMILES string of the molecule is COc1ccc(C(=O)C(C)OC(=O)CN(c2ccccc2C)S(C)(=O)=O)cc1. The van der Waals surface area contributed by atoms with Gasteiger partial charge in [0.1, 0.15) is 12.3 Å². The third-order valence-electron chi connectivity index (χ3n) is 4.11. The number of rotatable bonds is 8. The highest BCUT2D eigenvalue weighted by Gasteiger charge is 2.26. The van der Waals surface area contributed by atoms with Crippen molar-refractivity contribution < 1.29 is 27.5 Å². The molecule has 7 nitrogen and oxygen atoms in total. The minimum atomic E-state index is -3.72. The van der Waals surface area contributed by atoms with Gasteiger partial charge in [0.15, 0.2) is 6.10 Å². The number of hydrogen-bond acceptors (Lipinski definition) is 6. The van der Waals surface area contributed by atoms with Crippen LogP contribution in [-0.4, -0.2) is 46.2 Å². The van der Waals surface area contributed by atoms with Crippen LogP contribution in [0.2, 0.25) is 0 Å². The Labute approximate surface area is 164 Å². The number of ether oxygens (including phenoxy) is 2. The number of carbonyl (C=O) groups excluding carboxylic acids is 2. The number of esters is 1. The summed E-state index contributed by atoms with van der Waals surface area (Å²) in [5.74, 6) is -0.607. The molecule has 0 heterocycles. The van der Waals surface area contributed by atoms with Crippen LogP contribution in [-0.2, 0) is 19.6 Å². The average molecular weight is 405 g/mol. The van der Waals surface area contributed by atoms with Crippen LogP contribution in [0.4, 0.5) is 5.69 Å². The predicted octanol–water partition coefficient (Wildman–Crippen LogP) is 2.58. The topological polar surface area (TPSA) is 90.0 Å². The van der Waals surface area contributed by atoms with Crippen molar-refractivity contribution in [1.82, 2.24) is 0 Å². The van der Waals surface area contributed by atoms with Gasteiger partial charge >= 0.3 is 5.97 Å². The van der Waals surface area contributed by atoms with Gasteiger partial charge in [-0.2, -0.15) is 0 Å². The Morgan fingerprint density at radius 1 is 1.07 bits per heavy atom. The lowest BCUT2D eigenvalue weighted by Crippen LogP contribution is -2.38. The zero-order valence-electron chi connectivity index (χ0n) is 16.2. The van der Waals surface area contributed by atoms with Gasteiger partial charge in [-0.3, -0.25) is 13.9 Å². The van der Waals surface area contributed by atoms with Crippen molar-refractivity contribution >= 4 is 27.5 Å². The van der Waals surface area contributed by atoms with Crippen LogP contribution in [0.1, 0.15) is 22.8 Å². The maximum atomic E-state index is 12.4. The lowest BCUT2D eigenvalue weighted by atomic mass is 10.1. The number of ketones is 1. The lowest BCUT2D eigenvalue weighted by Gasteiger charge is -2.24. The number of nitrogens with zero attached hydrogens (tertiary/aromatic N) is 1. The van der Waals surface area contributed by atoms with E-state index in [1.54, 1.807) is 55.5 Å². The molecule has 0 amide bonds. The molecule has 1 atom stereocenters.